The van der Waals surface area contributed by atoms with Gasteiger partial charge in [-0.2, -0.15) is 0 Å². The van der Waals surface area contributed by atoms with Crippen molar-refractivity contribution in [2.45, 2.75) is 6.92 Å². The van der Waals surface area contributed by atoms with Crippen LogP contribution in [0.3, 0.4) is 0 Å². The Morgan fingerprint density at radius 3 is 2.16 bits per heavy atom. The predicted molar refractivity (Wildman–Crippen MR) is 97.2 cm³/mol. The van der Waals surface area contributed by atoms with E-state index in [2.05, 4.69) is 0 Å². The van der Waals surface area contributed by atoms with Gasteiger partial charge in [-0.3, -0.25) is 19.8 Å². The highest BCUT2D eigenvalue weighted by molar-refractivity contribution is 6.12. The van der Waals surface area contributed by atoms with E-state index in [0.29, 0.717) is 11.3 Å². The van der Waals surface area contributed by atoms with Crippen LogP contribution in [0.15, 0.2) is 78.9 Å². The fraction of sp³-hybridized carbons (Fsp3) is 0.0500. The van der Waals surface area contributed by atoms with E-state index in [0.717, 1.165) is 5.56 Å². The minimum atomic E-state index is -0.476. The Kier molecular flexibility index (Phi) is 4.57. The number of hydrogen-bond acceptors (Lipinski definition) is 3. The molecule has 0 fully saturated rings. The molecule has 0 aromatic heterocycles. The van der Waals surface area contributed by atoms with Crippen LogP contribution in [0.4, 0.5) is 17.1 Å². The minimum Gasteiger partial charge on any atom is -0.270 e. The number of anilines is 2. The maximum absolute atomic E-state index is 13.2. The van der Waals surface area contributed by atoms with Crippen molar-refractivity contribution in [2.75, 3.05) is 4.90 Å². The fourth-order valence-electron chi connectivity index (χ4n) is 2.68. The summed E-state index contributed by atoms with van der Waals surface area (Å²) in [5, 5.41) is 11.5. The molecule has 3 aromatic rings. The summed E-state index contributed by atoms with van der Waals surface area (Å²) in [4.78, 5) is 25.6. The van der Waals surface area contributed by atoms with Crippen molar-refractivity contribution in [3.63, 3.8) is 0 Å². The molecule has 0 radical (unpaired) electrons. The van der Waals surface area contributed by atoms with Crippen LogP contribution >= 0.6 is 0 Å². The molecule has 5 nitrogen and oxygen atoms in total. The first-order chi connectivity index (χ1) is 12.1. The van der Waals surface area contributed by atoms with Crippen molar-refractivity contribution in [1.29, 1.82) is 0 Å². The zero-order valence-electron chi connectivity index (χ0n) is 13.6. The van der Waals surface area contributed by atoms with E-state index >= 15 is 0 Å². The first kappa shape index (κ1) is 16.4. The van der Waals surface area contributed by atoms with Crippen molar-refractivity contribution in [3.8, 4) is 0 Å². The molecule has 0 aliphatic heterocycles. The van der Waals surface area contributed by atoms with Gasteiger partial charge in [-0.25, -0.2) is 0 Å². The third-order valence-electron chi connectivity index (χ3n) is 3.91. The van der Waals surface area contributed by atoms with Gasteiger partial charge in [0.25, 0.3) is 11.6 Å². The number of benzene rings is 3. The van der Waals surface area contributed by atoms with E-state index in [1.807, 2.05) is 25.1 Å². The second kappa shape index (κ2) is 6.97. The predicted octanol–water partition coefficient (Wildman–Crippen LogP) is 4.88. The highest BCUT2D eigenvalue weighted by atomic mass is 16.6. The van der Waals surface area contributed by atoms with Gasteiger partial charge in [0.2, 0.25) is 0 Å². The molecule has 3 rings (SSSR count). The molecular formula is C20H16N2O3. The van der Waals surface area contributed by atoms with Gasteiger partial charge in [-0.15, -0.1) is 0 Å². The normalized spacial score (nSPS) is 10.3. The number of nitro benzene ring substituents is 1. The van der Waals surface area contributed by atoms with Gasteiger partial charge in [0.05, 0.1) is 4.92 Å². The fourth-order valence-corrected chi connectivity index (χ4v) is 2.68. The van der Waals surface area contributed by atoms with Crippen molar-refractivity contribution in [3.05, 3.63) is 100 Å². The lowest BCUT2D eigenvalue weighted by Gasteiger charge is -2.23. The number of nitro groups is 1. The Hall–Kier alpha value is -3.47. The maximum Gasteiger partial charge on any atom is 0.293 e. The van der Waals surface area contributed by atoms with Crippen LogP contribution in [-0.2, 0) is 0 Å². The molecule has 0 aliphatic carbocycles. The summed E-state index contributed by atoms with van der Waals surface area (Å²) in [5.74, 6) is -0.307. The molecule has 124 valence electrons. The summed E-state index contributed by atoms with van der Waals surface area (Å²) in [6.07, 6.45) is 0. The molecule has 0 aliphatic rings. The number of rotatable bonds is 4. The topological polar surface area (TPSA) is 63.5 Å². The van der Waals surface area contributed by atoms with Crippen LogP contribution in [0, 0.1) is 17.0 Å². The van der Waals surface area contributed by atoms with Crippen LogP contribution < -0.4 is 4.90 Å². The number of carbonyl (C=O) groups excluding carboxylic acids is 1. The Balaban J connectivity index is 2.21. The molecule has 0 saturated carbocycles. The van der Waals surface area contributed by atoms with Gasteiger partial charge in [-0.1, -0.05) is 48.5 Å². The van der Waals surface area contributed by atoms with Crippen molar-refractivity contribution in [1.82, 2.24) is 0 Å². The Bertz CT molecular complexity index is 923. The first-order valence-electron chi connectivity index (χ1n) is 7.78. The smallest absolute Gasteiger partial charge is 0.270 e. The molecule has 0 bridgehead atoms. The second-order valence-electron chi connectivity index (χ2n) is 5.54. The average molecular weight is 332 g/mol. The summed E-state index contributed by atoms with van der Waals surface area (Å²) >= 11 is 0. The van der Waals surface area contributed by atoms with Crippen LogP contribution in [0.5, 0.6) is 0 Å². The quantitative estimate of drug-likeness (QED) is 0.505. The van der Waals surface area contributed by atoms with Gasteiger partial charge in [0.1, 0.15) is 5.69 Å². The number of para-hydroxylation sites is 3. The summed E-state index contributed by atoms with van der Waals surface area (Å²) in [7, 11) is 0. The molecular weight excluding hydrogens is 316 g/mol. The number of nitrogens with zero attached hydrogens (tertiary/aromatic N) is 2. The largest absolute Gasteiger partial charge is 0.293 e. The summed E-state index contributed by atoms with van der Waals surface area (Å²) < 4.78 is 0. The second-order valence-corrected chi connectivity index (χ2v) is 5.54. The van der Waals surface area contributed by atoms with Crippen molar-refractivity contribution >= 4 is 23.0 Å². The monoisotopic (exact) mass is 332 g/mol. The summed E-state index contributed by atoms with van der Waals surface area (Å²) in [6, 6.07) is 22.4. The number of aryl methyl sites for hydroxylation is 1. The standard InChI is InChI=1S/C20H16N2O3/c1-15-9-5-6-12-17(15)20(23)21(16-10-3-2-4-11-16)18-13-7-8-14-19(18)22(24)25/h2-14H,1H3. The Morgan fingerprint density at radius 2 is 1.48 bits per heavy atom. The van der Waals surface area contributed by atoms with Crippen molar-refractivity contribution < 1.29 is 9.72 Å². The molecule has 0 N–H and O–H groups in total. The van der Waals surface area contributed by atoms with E-state index in [1.165, 1.54) is 11.0 Å². The average Bonchev–Trinajstić information content (AvgIpc) is 2.63. The third kappa shape index (κ3) is 3.26. The lowest BCUT2D eigenvalue weighted by atomic mass is 10.1. The third-order valence-corrected chi connectivity index (χ3v) is 3.91. The summed E-state index contributed by atoms with van der Waals surface area (Å²) in [6.45, 7) is 1.84. The highest BCUT2D eigenvalue weighted by Gasteiger charge is 2.27. The number of hydrogen-bond donors (Lipinski definition) is 0. The number of carbonyl (C=O) groups is 1. The zero-order valence-corrected chi connectivity index (χ0v) is 13.6. The zero-order chi connectivity index (χ0) is 17.8. The molecule has 0 unspecified atom stereocenters. The summed E-state index contributed by atoms with van der Waals surface area (Å²) in [5.41, 5.74) is 2.02. The molecule has 3 aromatic carbocycles. The molecule has 0 spiro atoms. The lowest BCUT2D eigenvalue weighted by molar-refractivity contribution is -0.384. The van der Waals surface area contributed by atoms with Crippen molar-refractivity contribution in [2.24, 2.45) is 0 Å². The molecule has 0 saturated heterocycles. The molecule has 0 atom stereocenters. The van der Waals surface area contributed by atoms with Crippen LogP contribution in [-0.4, -0.2) is 10.8 Å². The molecule has 25 heavy (non-hydrogen) atoms. The first-order valence-corrected chi connectivity index (χ1v) is 7.78. The van der Waals surface area contributed by atoms with E-state index in [9.17, 15) is 14.9 Å². The SMILES string of the molecule is Cc1ccccc1C(=O)N(c1ccccc1)c1ccccc1[N+](=O)[O-]. The van der Waals surface area contributed by atoms with Gasteiger partial charge < -0.3 is 0 Å². The van der Waals surface area contributed by atoms with Gasteiger partial charge in [0, 0.05) is 17.3 Å². The van der Waals surface area contributed by atoms with E-state index in [1.54, 1.807) is 54.6 Å². The van der Waals surface area contributed by atoms with Gasteiger partial charge in [-0.05, 0) is 36.8 Å². The van der Waals surface area contributed by atoms with Crippen LogP contribution in [0.25, 0.3) is 0 Å². The van der Waals surface area contributed by atoms with E-state index in [-0.39, 0.29) is 17.3 Å². The molecule has 5 heteroatoms. The highest BCUT2D eigenvalue weighted by Crippen LogP contribution is 2.35. The maximum atomic E-state index is 13.2. The molecule has 1 amide bonds. The van der Waals surface area contributed by atoms with Gasteiger partial charge >= 0.3 is 0 Å². The van der Waals surface area contributed by atoms with E-state index < -0.39 is 4.92 Å². The van der Waals surface area contributed by atoms with Crippen LogP contribution in [0.2, 0.25) is 0 Å². The Morgan fingerprint density at radius 1 is 0.880 bits per heavy atom. The lowest BCUT2D eigenvalue weighted by Crippen LogP contribution is -2.27. The van der Waals surface area contributed by atoms with Crippen LogP contribution in [0.1, 0.15) is 15.9 Å². The number of amides is 1. The van der Waals surface area contributed by atoms with E-state index in [4.69, 9.17) is 0 Å². The Labute approximate surface area is 145 Å². The minimum absolute atomic E-state index is 0.117. The van der Waals surface area contributed by atoms with Gasteiger partial charge in [0.15, 0.2) is 0 Å². The molecule has 0 heterocycles.